The van der Waals surface area contributed by atoms with E-state index in [0.717, 1.165) is 11.3 Å². The molecule has 116 valence electrons. The third-order valence-electron chi connectivity index (χ3n) is 3.17. The van der Waals surface area contributed by atoms with Gasteiger partial charge in [0, 0.05) is 26.8 Å². The molecule has 0 saturated heterocycles. The maximum atomic E-state index is 11.0. The average molecular weight is 302 g/mol. The molecule has 0 radical (unpaired) electrons. The van der Waals surface area contributed by atoms with Gasteiger partial charge in [-0.3, -0.25) is 15.5 Å². The molecule has 0 amide bonds. The first-order valence-electron chi connectivity index (χ1n) is 6.64. The smallest absolute Gasteiger partial charge is 0.335 e. The minimum Gasteiger partial charge on any atom is -0.378 e. The van der Waals surface area contributed by atoms with Gasteiger partial charge in [-0.25, -0.2) is 4.68 Å². The number of benzene rings is 1. The summed E-state index contributed by atoms with van der Waals surface area (Å²) >= 11 is 0. The Hall–Kier alpha value is -2.90. The Bertz CT molecular complexity index is 703. The van der Waals surface area contributed by atoms with Crippen LogP contribution >= 0.6 is 0 Å². The maximum absolute atomic E-state index is 11.0. The van der Waals surface area contributed by atoms with Crippen molar-refractivity contribution in [2.24, 2.45) is 12.1 Å². The summed E-state index contributed by atoms with van der Waals surface area (Å²) in [5.74, 6) is 0.253. The summed E-state index contributed by atoms with van der Waals surface area (Å²) < 4.78 is 1.40. The van der Waals surface area contributed by atoms with E-state index in [1.807, 2.05) is 43.3 Å². The highest BCUT2D eigenvalue weighted by atomic mass is 16.6. The number of aromatic nitrogens is 2. The molecular weight excluding hydrogens is 284 g/mol. The summed E-state index contributed by atoms with van der Waals surface area (Å²) in [6.45, 7) is 1.59. The van der Waals surface area contributed by atoms with Crippen LogP contribution < -0.4 is 10.3 Å². The zero-order valence-corrected chi connectivity index (χ0v) is 12.9. The van der Waals surface area contributed by atoms with Crippen molar-refractivity contribution in [3.05, 3.63) is 45.6 Å². The van der Waals surface area contributed by atoms with Crippen LogP contribution in [0.3, 0.4) is 0 Å². The predicted molar refractivity (Wildman–Crippen MR) is 86.6 cm³/mol. The van der Waals surface area contributed by atoms with E-state index < -0.39 is 4.92 Å². The second-order valence-electron chi connectivity index (χ2n) is 5.02. The van der Waals surface area contributed by atoms with Gasteiger partial charge in [0.05, 0.1) is 11.1 Å². The SMILES string of the molecule is Cc1nn(C)c(N/N=C\c2ccc(N(C)C)cc2)c1[N+](=O)[O-]. The van der Waals surface area contributed by atoms with Crippen LogP contribution in [-0.4, -0.2) is 35.0 Å². The van der Waals surface area contributed by atoms with Crippen molar-refractivity contribution in [1.82, 2.24) is 9.78 Å². The number of hydrogen-bond acceptors (Lipinski definition) is 6. The molecule has 0 aliphatic heterocycles. The fourth-order valence-electron chi connectivity index (χ4n) is 2.02. The Morgan fingerprint density at radius 2 is 2.00 bits per heavy atom. The van der Waals surface area contributed by atoms with E-state index in [0.29, 0.717) is 5.69 Å². The molecule has 2 rings (SSSR count). The van der Waals surface area contributed by atoms with Crippen molar-refractivity contribution in [1.29, 1.82) is 0 Å². The van der Waals surface area contributed by atoms with Crippen molar-refractivity contribution < 1.29 is 4.92 Å². The molecule has 1 heterocycles. The van der Waals surface area contributed by atoms with Gasteiger partial charge >= 0.3 is 5.69 Å². The Morgan fingerprint density at radius 3 is 2.55 bits per heavy atom. The summed E-state index contributed by atoms with van der Waals surface area (Å²) in [6.07, 6.45) is 1.60. The van der Waals surface area contributed by atoms with E-state index in [-0.39, 0.29) is 11.5 Å². The summed E-state index contributed by atoms with van der Waals surface area (Å²) in [5, 5.41) is 19.1. The first kappa shape index (κ1) is 15.5. The molecule has 22 heavy (non-hydrogen) atoms. The lowest BCUT2D eigenvalue weighted by Gasteiger charge is -2.11. The van der Waals surface area contributed by atoms with Gasteiger partial charge in [-0.1, -0.05) is 12.1 Å². The fraction of sp³-hybridized carbons (Fsp3) is 0.286. The van der Waals surface area contributed by atoms with Crippen LogP contribution in [0.4, 0.5) is 17.2 Å². The van der Waals surface area contributed by atoms with Crippen molar-refractivity contribution in [3.63, 3.8) is 0 Å². The average Bonchev–Trinajstić information content (AvgIpc) is 2.74. The van der Waals surface area contributed by atoms with E-state index in [1.165, 1.54) is 4.68 Å². The zero-order valence-electron chi connectivity index (χ0n) is 12.9. The number of nitro groups is 1. The van der Waals surface area contributed by atoms with Crippen LogP contribution in [0.2, 0.25) is 0 Å². The molecule has 2 aromatic rings. The maximum Gasteiger partial charge on any atom is 0.335 e. The first-order chi connectivity index (χ1) is 10.4. The molecule has 1 aromatic carbocycles. The highest BCUT2D eigenvalue weighted by Gasteiger charge is 2.23. The van der Waals surface area contributed by atoms with Gasteiger partial charge in [-0.05, 0) is 24.6 Å². The third kappa shape index (κ3) is 3.22. The molecule has 0 aliphatic rings. The van der Waals surface area contributed by atoms with E-state index >= 15 is 0 Å². The molecule has 8 heteroatoms. The minimum atomic E-state index is -0.466. The molecule has 0 spiro atoms. The van der Waals surface area contributed by atoms with Crippen molar-refractivity contribution in [2.75, 3.05) is 24.4 Å². The highest BCUT2D eigenvalue weighted by molar-refractivity contribution is 5.81. The van der Waals surface area contributed by atoms with Crippen LogP contribution in [0.1, 0.15) is 11.3 Å². The van der Waals surface area contributed by atoms with Gasteiger partial charge < -0.3 is 4.90 Å². The van der Waals surface area contributed by atoms with Crippen LogP contribution in [-0.2, 0) is 7.05 Å². The van der Waals surface area contributed by atoms with Crippen LogP contribution in [0, 0.1) is 17.0 Å². The fourth-order valence-corrected chi connectivity index (χ4v) is 2.02. The molecular formula is C14H18N6O2. The summed E-state index contributed by atoms with van der Waals surface area (Å²) in [7, 11) is 5.56. The summed E-state index contributed by atoms with van der Waals surface area (Å²) in [6, 6.07) is 7.78. The van der Waals surface area contributed by atoms with E-state index in [4.69, 9.17) is 0 Å². The van der Waals surface area contributed by atoms with Crippen molar-refractivity contribution >= 4 is 23.4 Å². The number of hydrazone groups is 1. The second-order valence-corrected chi connectivity index (χ2v) is 5.02. The van der Waals surface area contributed by atoms with Gasteiger partial charge in [0.25, 0.3) is 0 Å². The number of hydrogen-bond donors (Lipinski definition) is 1. The first-order valence-corrected chi connectivity index (χ1v) is 6.64. The summed E-state index contributed by atoms with van der Waals surface area (Å²) in [5.41, 5.74) is 4.94. The standard InChI is InChI=1S/C14H18N6O2/c1-10-13(20(21)22)14(19(4)17-10)16-15-9-11-5-7-12(8-6-11)18(2)3/h5-9,16H,1-4H3/b15-9-. The molecule has 0 fully saturated rings. The summed E-state index contributed by atoms with van der Waals surface area (Å²) in [4.78, 5) is 12.6. The Morgan fingerprint density at radius 1 is 1.36 bits per heavy atom. The highest BCUT2D eigenvalue weighted by Crippen LogP contribution is 2.27. The van der Waals surface area contributed by atoms with E-state index in [2.05, 4.69) is 15.6 Å². The number of anilines is 2. The molecule has 0 saturated carbocycles. The lowest BCUT2D eigenvalue weighted by Crippen LogP contribution is -2.08. The van der Waals surface area contributed by atoms with Gasteiger partial charge in [-0.2, -0.15) is 10.2 Å². The van der Waals surface area contributed by atoms with Crippen LogP contribution in [0.5, 0.6) is 0 Å². The number of nitrogens with zero attached hydrogens (tertiary/aromatic N) is 5. The lowest BCUT2D eigenvalue weighted by atomic mass is 10.2. The van der Waals surface area contributed by atoms with Gasteiger partial charge in [0.1, 0.15) is 5.69 Å². The number of rotatable bonds is 5. The predicted octanol–water partition coefficient (Wildman–Crippen LogP) is 2.15. The topological polar surface area (TPSA) is 88.6 Å². The molecule has 0 aliphatic carbocycles. The van der Waals surface area contributed by atoms with Crippen molar-refractivity contribution in [3.8, 4) is 0 Å². The Labute approximate surface area is 128 Å². The molecule has 1 N–H and O–H groups in total. The molecule has 0 bridgehead atoms. The van der Waals surface area contributed by atoms with E-state index in [1.54, 1.807) is 20.2 Å². The molecule has 0 atom stereocenters. The molecule has 8 nitrogen and oxygen atoms in total. The Kier molecular flexibility index (Phi) is 4.40. The zero-order chi connectivity index (χ0) is 16.3. The quantitative estimate of drug-likeness (QED) is 0.519. The Balaban J connectivity index is 2.14. The molecule has 1 aromatic heterocycles. The largest absolute Gasteiger partial charge is 0.378 e. The van der Waals surface area contributed by atoms with Crippen molar-refractivity contribution in [2.45, 2.75) is 6.92 Å². The lowest BCUT2D eigenvalue weighted by molar-refractivity contribution is -0.384. The van der Waals surface area contributed by atoms with Crippen LogP contribution in [0.25, 0.3) is 0 Å². The number of nitrogens with one attached hydrogen (secondary N) is 1. The van der Waals surface area contributed by atoms with Gasteiger partial charge in [0.2, 0.25) is 5.82 Å². The van der Waals surface area contributed by atoms with Gasteiger partial charge in [-0.15, -0.1) is 0 Å². The second kappa shape index (κ2) is 6.25. The van der Waals surface area contributed by atoms with Gasteiger partial charge in [0.15, 0.2) is 0 Å². The number of aryl methyl sites for hydroxylation is 2. The normalized spacial score (nSPS) is 10.9. The third-order valence-corrected chi connectivity index (χ3v) is 3.17. The minimum absolute atomic E-state index is 0.0670. The van der Waals surface area contributed by atoms with E-state index in [9.17, 15) is 10.1 Å². The monoisotopic (exact) mass is 302 g/mol. The van der Waals surface area contributed by atoms with Crippen LogP contribution in [0.15, 0.2) is 29.4 Å². The molecule has 0 unspecified atom stereocenters.